The lowest BCUT2D eigenvalue weighted by molar-refractivity contribution is -0.142. The van der Waals surface area contributed by atoms with Gasteiger partial charge in [-0.25, -0.2) is 4.79 Å². The number of nitriles is 1. The Bertz CT molecular complexity index is 915. The van der Waals surface area contributed by atoms with Gasteiger partial charge in [-0.1, -0.05) is 29.8 Å². The summed E-state index contributed by atoms with van der Waals surface area (Å²) in [5, 5.41) is 12.3. The molecule has 0 aliphatic rings. The molecular formula is C20H17ClN2O4. The number of nitrogens with zero attached hydrogens (tertiary/aromatic N) is 1. The second kappa shape index (κ2) is 9.41. The van der Waals surface area contributed by atoms with Gasteiger partial charge in [-0.3, -0.25) is 4.79 Å². The fourth-order valence-electron chi connectivity index (χ4n) is 2.14. The van der Waals surface area contributed by atoms with Crippen LogP contribution >= 0.6 is 11.6 Å². The largest absolute Gasteiger partial charge is 0.497 e. The van der Waals surface area contributed by atoms with Gasteiger partial charge in [-0.15, -0.1) is 0 Å². The van der Waals surface area contributed by atoms with E-state index < -0.39 is 18.5 Å². The Kier molecular flexibility index (Phi) is 6.98. The second-order valence-electron chi connectivity index (χ2n) is 5.48. The zero-order chi connectivity index (χ0) is 19.8. The summed E-state index contributed by atoms with van der Waals surface area (Å²) in [4.78, 5) is 24.0. The molecule has 0 radical (unpaired) electrons. The molecule has 0 spiro atoms. The minimum Gasteiger partial charge on any atom is -0.497 e. The molecule has 1 N–H and O–H groups in total. The van der Waals surface area contributed by atoms with Crippen LogP contribution in [0.25, 0.3) is 6.08 Å². The smallest absolute Gasteiger partial charge is 0.349 e. The molecular weight excluding hydrogens is 368 g/mol. The van der Waals surface area contributed by atoms with Gasteiger partial charge in [0.15, 0.2) is 6.61 Å². The predicted molar refractivity (Wildman–Crippen MR) is 102 cm³/mol. The highest BCUT2D eigenvalue weighted by molar-refractivity contribution is 6.31. The Morgan fingerprint density at radius 2 is 1.93 bits per heavy atom. The van der Waals surface area contributed by atoms with Gasteiger partial charge in [-0.2, -0.15) is 5.26 Å². The Balaban J connectivity index is 1.98. The van der Waals surface area contributed by atoms with Crippen LogP contribution in [0.1, 0.15) is 11.1 Å². The van der Waals surface area contributed by atoms with Crippen LogP contribution in [0.3, 0.4) is 0 Å². The number of benzene rings is 2. The Labute approximate surface area is 162 Å². The van der Waals surface area contributed by atoms with Crippen molar-refractivity contribution >= 4 is 35.2 Å². The molecule has 2 aromatic rings. The lowest BCUT2D eigenvalue weighted by Gasteiger charge is -2.09. The number of halogens is 1. The molecule has 0 unspecified atom stereocenters. The van der Waals surface area contributed by atoms with Gasteiger partial charge in [-0.05, 0) is 48.4 Å². The van der Waals surface area contributed by atoms with Crippen LogP contribution in [0.15, 0.2) is 48.0 Å². The quantitative estimate of drug-likeness (QED) is 0.465. The summed E-state index contributed by atoms with van der Waals surface area (Å²) in [5.41, 5.74) is 1.64. The molecule has 1 amide bonds. The molecule has 0 aliphatic carbocycles. The van der Waals surface area contributed by atoms with E-state index in [4.69, 9.17) is 26.3 Å². The number of anilines is 1. The number of hydrogen-bond acceptors (Lipinski definition) is 5. The first-order valence-electron chi connectivity index (χ1n) is 7.92. The van der Waals surface area contributed by atoms with Crippen LogP contribution in [-0.4, -0.2) is 25.6 Å². The molecule has 27 heavy (non-hydrogen) atoms. The topological polar surface area (TPSA) is 88.4 Å². The number of carbonyl (C=O) groups excluding carboxylic acids is 2. The monoisotopic (exact) mass is 384 g/mol. The van der Waals surface area contributed by atoms with Crippen LogP contribution in [0.2, 0.25) is 5.02 Å². The summed E-state index contributed by atoms with van der Waals surface area (Å²) in [6.07, 6.45) is 1.38. The standard InChI is InChI=1S/C20H17ClN2O4/c1-13-17(21)4-3-5-18(13)23-19(24)12-27-20(25)15(11-22)10-14-6-8-16(26-2)9-7-14/h3-10H,12H2,1-2H3,(H,23,24). The van der Waals surface area contributed by atoms with Gasteiger partial charge in [0.1, 0.15) is 17.4 Å². The van der Waals surface area contributed by atoms with Crippen molar-refractivity contribution in [3.63, 3.8) is 0 Å². The van der Waals surface area contributed by atoms with Crippen molar-refractivity contribution < 1.29 is 19.1 Å². The number of carbonyl (C=O) groups is 2. The van der Waals surface area contributed by atoms with Gasteiger partial charge >= 0.3 is 5.97 Å². The average Bonchev–Trinajstić information content (AvgIpc) is 2.68. The molecule has 6 nitrogen and oxygen atoms in total. The highest BCUT2D eigenvalue weighted by atomic mass is 35.5. The molecule has 138 valence electrons. The van der Waals surface area contributed by atoms with E-state index >= 15 is 0 Å². The molecule has 2 rings (SSSR count). The fourth-order valence-corrected chi connectivity index (χ4v) is 2.32. The Morgan fingerprint density at radius 3 is 2.56 bits per heavy atom. The first-order chi connectivity index (χ1) is 12.9. The Morgan fingerprint density at radius 1 is 1.22 bits per heavy atom. The van der Waals surface area contributed by atoms with E-state index in [2.05, 4.69) is 5.32 Å². The normalized spacial score (nSPS) is 10.7. The first kappa shape index (κ1) is 20.0. The van der Waals surface area contributed by atoms with Crippen molar-refractivity contribution in [2.24, 2.45) is 0 Å². The predicted octanol–water partition coefficient (Wildman–Crippen LogP) is 3.75. The Hall–Kier alpha value is -3.30. The molecule has 0 saturated heterocycles. The summed E-state index contributed by atoms with van der Waals surface area (Å²) < 4.78 is 9.96. The number of rotatable bonds is 6. The fraction of sp³-hybridized carbons (Fsp3) is 0.150. The van der Waals surface area contributed by atoms with E-state index in [9.17, 15) is 9.59 Å². The van der Waals surface area contributed by atoms with Crippen LogP contribution < -0.4 is 10.1 Å². The third-order valence-electron chi connectivity index (χ3n) is 3.64. The number of nitrogens with one attached hydrogen (secondary N) is 1. The van der Waals surface area contributed by atoms with Crippen LogP contribution in [0.4, 0.5) is 5.69 Å². The summed E-state index contributed by atoms with van der Waals surface area (Å²) >= 11 is 5.99. The molecule has 2 aromatic carbocycles. The SMILES string of the molecule is COc1ccc(C=C(C#N)C(=O)OCC(=O)Nc2cccc(Cl)c2C)cc1. The number of esters is 1. The maximum absolute atomic E-state index is 12.0. The van der Waals surface area contributed by atoms with Gasteiger partial charge in [0.05, 0.1) is 7.11 Å². The van der Waals surface area contributed by atoms with E-state index in [1.807, 2.05) is 0 Å². The third-order valence-corrected chi connectivity index (χ3v) is 4.05. The molecule has 0 fully saturated rings. The molecule has 0 aromatic heterocycles. The van der Waals surface area contributed by atoms with E-state index in [1.165, 1.54) is 6.08 Å². The second-order valence-corrected chi connectivity index (χ2v) is 5.89. The zero-order valence-corrected chi connectivity index (χ0v) is 15.5. The van der Waals surface area contributed by atoms with Crippen molar-refractivity contribution in [1.82, 2.24) is 0 Å². The van der Waals surface area contributed by atoms with Gasteiger partial charge < -0.3 is 14.8 Å². The zero-order valence-electron chi connectivity index (χ0n) is 14.8. The van der Waals surface area contributed by atoms with E-state index in [0.717, 1.165) is 0 Å². The van der Waals surface area contributed by atoms with Gasteiger partial charge in [0, 0.05) is 10.7 Å². The minimum absolute atomic E-state index is 0.216. The maximum Gasteiger partial charge on any atom is 0.349 e. The van der Waals surface area contributed by atoms with Gasteiger partial charge in [0.25, 0.3) is 5.91 Å². The lowest BCUT2D eigenvalue weighted by Crippen LogP contribution is -2.21. The molecule has 0 bridgehead atoms. The highest BCUT2D eigenvalue weighted by Gasteiger charge is 2.14. The molecule has 7 heteroatoms. The van der Waals surface area contributed by atoms with Gasteiger partial charge in [0.2, 0.25) is 0 Å². The third kappa shape index (κ3) is 5.59. The summed E-state index contributed by atoms with van der Waals surface area (Å²) in [6.45, 7) is 1.24. The van der Waals surface area contributed by atoms with Crippen molar-refractivity contribution in [3.8, 4) is 11.8 Å². The van der Waals surface area contributed by atoms with E-state index in [1.54, 1.807) is 62.6 Å². The molecule has 0 atom stereocenters. The van der Waals surface area contributed by atoms with Crippen LogP contribution in [-0.2, 0) is 14.3 Å². The molecule has 0 heterocycles. The van der Waals surface area contributed by atoms with Crippen molar-refractivity contribution in [2.45, 2.75) is 6.92 Å². The average molecular weight is 385 g/mol. The highest BCUT2D eigenvalue weighted by Crippen LogP contribution is 2.22. The lowest BCUT2D eigenvalue weighted by atomic mass is 10.1. The summed E-state index contributed by atoms with van der Waals surface area (Å²) in [5.74, 6) is -0.761. The van der Waals surface area contributed by atoms with Crippen molar-refractivity contribution in [2.75, 3.05) is 19.0 Å². The number of ether oxygens (including phenoxy) is 2. The summed E-state index contributed by atoms with van der Waals surface area (Å²) in [6, 6.07) is 13.6. The van der Waals surface area contributed by atoms with Crippen LogP contribution in [0.5, 0.6) is 5.75 Å². The maximum atomic E-state index is 12.0. The summed E-state index contributed by atoms with van der Waals surface area (Å²) in [7, 11) is 1.54. The minimum atomic E-state index is -0.883. The van der Waals surface area contributed by atoms with Crippen molar-refractivity contribution in [3.05, 3.63) is 64.2 Å². The molecule has 0 aliphatic heterocycles. The number of methoxy groups -OCH3 is 1. The number of hydrogen-bond donors (Lipinski definition) is 1. The van der Waals surface area contributed by atoms with E-state index in [0.29, 0.717) is 27.6 Å². The first-order valence-corrected chi connectivity index (χ1v) is 8.30. The van der Waals surface area contributed by atoms with Crippen molar-refractivity contribution in [1.29, 1.82) is 5.26 Å². The number of amides is 1. The van der Waals surface area contributed by atoms with Crippen LogP contribution in [0, 0.1) is 18.3 Å². The molecule has 0 saturated carbocycles. The van der Waals surface area contributed by atoms with E-state index in [-0.39, 0.29) is 5.57 Å².